The highest BCUT2D eigenvalue weighted by Gasteiger charge is 2.47. The zero-order chi connectivity index (χ0) is 35.2. The predicted octanol–water partition coefficient (Wildman–Crippen LogP) is 12.2. The van der Waals surface area contributed by atoms with Gasteiger partial charge in [-0.15, -0.1) is 23.5 Å². The second-order valence-corrected chi connectivity index (χ2v) is 17.7. The van der Waals surface area contributed by atoms with Gasteiger partial charge in [0.2, 0.25) is 0 Å². The maximum absolute atomic E-state index is 14.1. The first-order chi connectivity index (χ1) is 24.0. The zero-order valence-corrected chi connectivity index (χ0v) is 32.1. The molecule has 14 heteroatoms. The summed E-state index contributed by atoms with van der Waals surface area (Å²) in [5.74, 6) is -3.88. The van der Waals surface area contributed by atoms with Gasteiger partial charge in [0.25, 0.3) is 11.8 Å². The summed E-state index contributed by atoms with van der Waals surface area (Å²) in [4.78, 5) is 62.8. The maximum Gasteiger partial charge on any atom is 0.267 e. The van der Waals surface area contributed by atoms with Crippen molar-refractivity contribution in [3.63, 3.8) is 0 Å². The molecule has 3 aliphatic carbocycles. The number of anilines is 1. The van der Waals surface area contributed by atoms with Gasteiger partial charge in [-0.25, -0.2) is 9.88 Å². The highest BCUT2D eigenvalue weighted by molar-refractivity contribution is 8.00. The van der Waals surface area contributed by atoms with Crippen LogP contribution in [-0.2, 0) is 0 Å². The van der Waals surface area contributed by atoms with Crippen LogP contribution in [-0.4, -0.2) is 38.9 Å². The molecule has 4 aliphatic rings. The Labute approximate surface area is 325 Å². The van der Waals surface area contributed by atoms with Gasteiger partial charge in [0.05, 0.1) is 69.3 Å². The molecule has 1 unspecified atom stereocenters. The summed E-state index contributed by atoms with van der Waals surface area (Å²) < 4.78 is 0. The number of para-hydroxylation sites is 1. The molecule has 2 heterocycles. The molecule has 1 aliphatic heterocycles. The number of hydrogen-bond donors (Lipinski definition) is 0. The molecule has 2 saturated carbocycles. The summed E-state index contributed by atoms with van der Waals surface area (Å²) in [7, 11) is 0. The van der Waals surface area contributed by atoms with Crippen LogP contribution >= 0.6 is 93.1 Å². The molecule has 6 nitrogen and oxygen atoms in total. The van der Waals surface area contributed by atoms with Crippen molar-refractivity contribution in [2.24, 2.45) is 0 Å². The number of fused-ring (bicyclic) bond motifs is 3. The number of amides is 2. The SMILES string of the molecule is O=C1c2c(Cl)c(Cl)c(SC3CCCC3)c(Cl)c2C(=O)C1c1ccc2cccc(N3C(=O)c4c(Cl)c(Cl)c(SC5CCCC5)c(Cl)c4C3=O)c2n1. The number of benzene rings is 3. The number of Topliss-reactive ketones (excluding diaryl/α,β-unsaturated/α-hetero) is 2. The lowest BCUT2D eigenvalue weighted by atomic mass is 9.98. The molecule has 0 spiro atoms. The second kappa shape index (κ2) is 13.4. The minimum absolute atomic E-state index is 0.0159. The topological polar surface area (TPSA) is 84.4 Å². The number of aromatic nitrogens is 1. The fraction of sp³-hybridized carbons (Fsp3) is 0.306. The number of carbonyl (C=O) groups is 4. The largest absolute Gasteiger partial charge is 0.293 e. The maximum atomic E-state index is 14.1. The fourth-order valence-corrected chi connectivity index (χ4v) is 12.2. The Bertz CT molecular complexity index is 2220. The minimum Gasteiger partial charge on any atom is -0.293 e. The molecule has 0 bridgehead atoms. The van der Waals surface area contributed by atoms with Gasteiger partial charge in [0.15, 0.2) is 11.6 Å². The standard InChI is InChI=1S/C36H24Cl6N2O4S2/c37-24-20-21(26(39)33(28(24)41)49-15-7-1-2-8-15)32(46)19(31(20)45)17-13-12-14-6-5-11-18(30(14)43-17)44-35(47)22-23(36(44)48)27(40)34(29(42)25(22)38)50-16-9-3-4-10-16/h5-6,11-13,15-16,19H,1-4,7-10H2. The average Bonchev–Trinajstić information content (AvgIpc) is 3.90. The van der Waals surface area contributed by atoms with E-state index in [1.165, 1.54) is 23.5 Å². The van der Waals surface area contributed by atoms with Crippen LogP contribution in [0.15, 0.2) is 40.1 Å². The summed E-state index contributed by atoms with van der Waals surface area (Å²) >= 11 is 43.3. The molecule has 50 heavy (non-hydrogen) atoms. The Morgan fingerprint density at radius 1 is 0.580 bits per heavy atom. The van der Waals surface area contributed by atoms with Gasteiger partial charge in [-0.05, 0) is 37.8 Å². The van der Waals surface area contributed by atoms with E-state index in [1.54, 1.807) is 30.3 Å². The molecule has 3 aromatic carbocycles. The number of thioether (sulfide) groups is 2. The van der Waals surface area contributed by atoms with E-state index in [0.29, 0.717) is 15.2 Å². The van der Waals surface area contributed by atoms with Crippen molar-refractivity contribution in [1.82, 2.24) is 4.98 Å². The zero-order valence-electron chi connectivity index (χ0n) is 25.9. The number of ketones is 2. The first-order valence-corrected chi connectivity index (χ1v) is 20.1. The molecule has 0 radical (unpaired) electrons. The van der Waals surface area contributed by atoms with Gasteiger partial charge in [0, 0.05) is 25.7 Å². The Morgan fingerprint density at radius 3 is 1.62 bits per heavy atom. The monoisotopic (exact) mass is 822 g/mol. The van der Waals surface area contributed by atoms with Gasteiger partial charge in [-0.3, -0.25) is 19.2 Å². The average molecular weight is 825 g/mol. The predicted molar refractivity (Wildman–Crippen MR) is 203 cm³/mol. The van der Waals surface area contributed by atoms with Crippen molar-refractivity contribution in [3.8, 4) is 0 Å². The van der Waals surface area contributed by atoms with Crippen LogP contribution in [0.3, 0.4) is 0 Å². The van der Waals surface area contributed by atoms with Gasteiger partial charge in [-0.1, -0.05) is 113 Å². The Morgan fingerprint density at radius 2 is 1.06 bits per heavy atom. The normalized spacial score (nSPS) is 19.5. The molecule has 1 atom stereocenters. The second-order valence-electron chi connectivity index (χ2n) is 12.8. The van der Waals surface area contributed by atoms with E-state index in [4.69, 9.17) is 74.6 Å². The third kappa shape index (κ3) is 5.43. The van der Waals surface area contributed by atoms with Gasteiger partial charge in [-0.2, -0.15) is 0 Å². The molecule has 2 fully saturated rings. The highest BCUT2D eigenvalue weighted by Crippen LogP contribution is 2.53. The first-order valence-electron chi connectivity index (χ1n) is 16.1. The summed E-state index contributed by atoms with van der Waals surface area (Å²) in [6, 6.07) is 8.22. The van der Waals surface area contributed by atoms with Crippen molar-refractivity contribution < 1.29 is 19.2 Å². The van der Waals surface area contributed by atoms with Crippen LogP contribution in [0, 0.1) is 0 Å². The minimum atomic E-state index is -1.36. The molecular formula is C36H24Cl6N2O4S2. The number of carbonyl (C=O) groups excluding carboxylic acids is 4. The Hall–Kier alpha value is -2.01. The molecule has 0 saturated heterocycles. The smallest absolute Gasteiger partial charge is 0.267 e. The number of rotatable bonds is 6. The summed E-state index contributed by atoms with van der Waals surface area (Å²) in [6.45, 7) is 0. The van der Waals surface area contributed by atoms with E-state index in [-0.39, 0.29) is 79.8 Å². The quantitative estimate of drug-likeness (QED) is 0.109. The van der Waals surface area contributed by atoms with Crippen LogP contribution in [0.1, 0.15) is 104 Å². The van der Waals surface area contributed by atoms with Gasteiger partial charge < -0.3 is 0 Å². The lowest BCUT2D eigenvalue weighted by Crippen LogP contribution is -2.30. The number of hydrogen-bond acceptors (Lipinski definition) is 7. The molecule has 2 amide bonds. The van der Waals surface area contributed by atoms with Crippen LogP contribution < -0.4 is 4.90 Å². The highest BCUT2D eigenvalue weighted by atomic mass is 35.5. The molecule has 8 rings (SSSR count). The van der Waals surface area contributed by atoms with Crippen LogP contribution in [0.2, 0.25) is 30.1 Å². The van der Waals surface area contributed by atoms with E-state index in [2.05, 4.69) is 0 Å². The molecule has 256 valence electrons. The third-order valence-electron chi connectivity index (χ3n) is 9.84. The Kier molecular flexibility index (Phi) is 9.42. The lowest BCUT2D eigenvalue weighted by Gasteiger charge is -2.17. The van der Waals surface area contributed by atoms with Crippen molar-refractivity contribution in [3.05, 3.63) is 88.4 Å². The number of pyridine rings is 1. The van der Waals surface area contributed by atoms with Crippen molar-refractivity contribution >= 4 is 133 Å². The lowest BCUT2D eigenvalue weighted by molar-refractivity contribution is 0.0882. The summed E-state index contributed by atoms with van der Waals surface area (Å²) in [5, 5.41) is 1.52. The van der Waals surface area contributed by atoms with Crippen molar-refractivity contribution in [1.29, 1.82) is 0 Å². The molecule has 0 N–H and O–H groups in total. The van der Waals surface area contributed by atoms with E-state index in [9.17, 15) is 19.2 Å². The fourth-order valence-electron chi connectivity index (χ4n) is 7.39. The number of imide groups is 1. The van der Waals surface area contributed by atoms with E-state index < -0.39 is 29.3 Å². The Balaban J connectivity index is 1.19. The van der Waals surface area contributed by atoms with Crippen molar-refractivity contribution in [2.45, 2.75) is 77.6 Å². The van der Waals surface area contributed by atoms with Gasteiger partial charge >= 0.3 is 0 Å². The number of halogens is 6. The molecule has 1 aromatic heterocycles. The van der Waals surface area contributed by atoms with Crippen LogP contribution in [0.5, 0.6) is 0 Å². The first kappa shape index (κ1) is 35.0. The van der Waals surface area contributed by atoms with Crippen LogP contribution in [0.4, 0.5) is 5.69 Å². The molecular weight excluding hydrogens is 801 g/mol. The van der Waals surface area contributed by atoms with Gasteiger partial charge in [0.1, 0.15) is 5.92 Å². The summed E-state index contributed by atoms with van der Waals surface area (Å²) in [6.07, 6.45) is 8.31. The van der Waals surface area contributed by atoms with Crippen molar-refractivity contribution in [2.75, 3.05) is 4.90 Å². The number of nitrogens with zero attached hydrogens (tertiary/aromatic N) is 2. The van der Waals surface area contributed by atoms with E-state index in [0.717, 1.165) is 56.3 Å². The molecule has 4 aromatic rings. The van der Waals surface area contributed by atoms with Crippen LogP contribution in [0.25, 0.3) is 10.9 Å². The summed E-state index contributed by atoms with van der Waals surface area (Å²) in [5.41, 5.74) is 0.338. The van der Waals surface area contributed by atoms with E-state index in [1.807, 2.05) is 0 Å². The van der Waals surface area contributed by atoms with E-state index >= 15 is 0 Å². The third-order valence-corrected chi connectivity index (χ3v) is 15.6.